The van der Waals surface area contributed by atoms with Crippen molar-refractivity contribution < 1.29 is 32.2 Å². The number of oxime groups is 1. The van der Waals surface area contributed by atoms with Gasteiger partial charge in [-0.1, -0.05) is 34.6 Å². The van der Waals surface area contributed by atoms with Crippen LogP contribution in [0.2, 0.25) is 0 Å². The van der Waals surface area contributed by atoms with E-state index in [2.05, 4.69) is 24.7 Å². The number of hydroxylamine groups is 2. The van der Waals surface area contributed by atoms with Gasteiger partial charge in [0.15, 0.2) is 0 Å². The van der Waals surface area contributed by atoms with Gasteiger partial charge in [0, 0.05) is 5.56 Å². The molecule has 9 nitrogen and oxygen atoms in total. The van der Waals surface area contributed by atoms with Crippen LogP contribution in [0.5, 0.6) is 0 Å². The van der Waals surface area contributed by atoms with Crippen LogP contribution in [0.15, 0.2) is 33.9 Å². The van der Waals surface area contributed by atoms with E-state index < -0.39 is 23.7 Å². The van der Waals surface area contributed by atoms with Crippen LogP contribution >= 0.6 is 0 Å². The highest BCUT2D eigenvalue weighted by Gasteiger charge is 2.38. The van der Waals surface area contributed by atoms with Crippen molar-refractivity contribution >= 4 is 11.6 Å². The molecule has 0 atom stereocenters. The highest BCUT2D eigenvalue weighted by Crippen LogP contribution is 2.29. The lowest BCUT2D eigenvalue weighted by molar-refractivity contribution is -0.171. The monoisotopic (exact) mass is 383 g/mol. The normalized spacial score (nSPS) is 11.8. The number of aromatic nitrogens is 2. The maximum atomic E-state index is 12.5. The van der Waals surface area contributed by atoms with E-state index >= 15 is 0 Å². The summed E-state index contributed by atoms with van der Waals surface area (Å²) in [5.41, 5.74) is 0.331. The molecule has 1 aromatic carbocycles. The van der Waals surface area contributed by atoms with Crippen molar-refractivity contribution in [3.05, 3.63) is 35.7 Å². The number of carbonyl (C=O) groups is 1. The Kier molecular flexibility index (Phi) is 6.09. The summed E-state index contributed by atoms with van der Waals surface area (Å²) in [7, 11) is 2.41. The standard InChI is InChI=1S/C15H12F3N5O4/c1-25-21-11(7-19)13(24)23(26-2)8-9-3-5-10(6-4-9)12-20-14(27-22-12)15(16,17)18/h3-6H,8H2,1-2H3/b21-11+. The number of alkyl halides is 3. The van der Waals surface area contributed by atoms with E-state index in [1.165, 1.54) is 38.5 Å². The first kappa shape index (κ1) is 19.9. The van der Waals surface area contributed by atoms with E-state index in [0.29, 0.717) is 5.56 Å². The number of amides is 1. The molecule has 0 bridgehead atoms. The summed E-state index contributed by atoms with van der Waals surface area (Å²) in [6.45, 7) is -0.0555. The van der Waals surface area contributed by atoms with Gasteiger partial charge in [-0.3, -0.25) is 9.63 Å². The van der Waals surface area contributed by atoms with Gasteiger partial charge in [-0.15, -0.1) is 0 Å². The fraction of sp³-hybridized carbons (Fsp3) is 0.267. The first-order valence-corrected chi connectivity index (χ1v) is 7.17. The van der Waals surface area contributed by atoms with Crippen LogP contribution in [-0.2, 0) is 27.2 Å². The van der Waals surface area contributed by atoms with Crippen molar-refractivity contribution in [2.24, 2.45) is 5.16 Å². The van der Waals surface area contributed by atoms with Gasteiger partial charge >= 0.3 is 18.0 Å². The maximum absolute atomic E-state index is 12.5. The highest BCUT2D eigenvalue weighted by molar-refractivity contribution is 6.44. The van der Waals surface area contributed by atoms with Crippen LogP contribution in [0.1, 0.15) is 11.5 Å². The zero-order valence-electron chi connectivity index (χ0n) is 14.0. The van der Waals surface area contributed by atoms with Crippen molar-refractivity contribution in [2.75, 3.05) is 14.2 Å². The fourth-order valence-electron chi connectivity index (χ4n) is 1.92. The number of rotatable bonds is 6. The minimum absolute atomic E-state index is 0.0555. The Hall–Kier alpha value is -3.46. The summed E-state index contributed by atoms with van der Waals surface area (Å²) >= 11 is 0. The third-order valence-electron chi connectivity index (χ3n) is 3.14. The summed E-state index contributed by atoms with van der Waals surface area (Å²) in [6.07, 6.45) is -4.73. The van der Waals surface area contributed by atoms with Crippen molar-refractivity contribution in [3.8, 4) is 17.5 Å². The molecule has 0 spiro atoms. The Balaban J connectivity index is 2.15. The third kappa shape index (κ3) is 4.79. The van der Waals surface area contributed by atoms with Gasteiger partial charge in [0.05, 0.1) is 13.7 Å². The molecule has 0 aliphatic rings. The number of nitrogens with zero attached hydrogens (tertiary/aromatic N) is 5. The van der Waals surface area contributed by atoms with Gasteiger partial charge in [0.25, 0.3) is 0 Å². The predicted octanol–water partition coefficient (Wildman–Crippen LogP) is 2.17. The minimum atomic E-state index is -4.73. The van der Waals surface area contributed by atoms with E-state index in [9.17, 15) is 18.0 Å². The lowest BCUT2D eigenvalue weighted by Gasteiger charge is -2.18. The smallest absolute Gasteiger partial charge is 0.398 e. The Bertz CT molecular complexity index is 871. The zero-order valence-corrected chi connectivity index (χ0v) is 14.0. The second-order valence-corrected chi connectivity index (χ2v) is 4.88. The number of carbonyl (C=O) groups excluding carboxylic acids is 1. The molecule has 1 heterocycles. The average molecular weight is 383 g/mol. The van der Waals surface area contributed by atoms with E-state index in [4.69, 9.17) is 10.1 Å². The Morgan fingerprint density at radius 2 is 2.00 bits per heavy atom. The second kappa shape index (κ2) is 8.28. The molecule has 2 aromatic rings. The van der Waals surface area contributed by atoms with Crippen molar-refractivity contribution in [1.82, 2.24) is 15.2 Å². The van der Waals surface area contributed by atoms with E-state index in [0.717, 1.165) is 5.06 Å². The maximum Gasteiger partial charge on any atom is 0.471 e. The summed E-state index contributed by atoms with van der Waals surface area (Å²) in [6, 6.07) is 7.54. The first-order chi connectivity index (χ1) is 12.8. The van der Waals surface area contributed by atoms with E-state index in [-0.39, 0.29) is 17.9 Å². The van der Waals surface area contributed by atoms with Crippen LogP contribution in [-0.4, -0.2) is 41.0 Å². The molecule has 0 aliphatic carbocycles. The summed E-state index contributed by atoms with van der Waals surface area (Å²) < 4.78 is 41.7. The third-order valence-corrected chi connectivity index (χ3v) is 3.14. The van der Waals surface area contributed by atoms with Crippen LogP contribution < -0.4 is 0 Å². The predicted molar refractivity (Wildman–Crippen MR) is 82.4 cm³/mol. The number of benzene rings is 1. The van der Waals surface area contributed by atoms with Crippen LogP contribution in [0.25, 0.3) is 11.4 Å². The van der Waals surface area contributed by atoms with E-state index in [1.54, 1.807) is 6.07 Å². The molecule has 0 radical (unpaired) electrons. The molecular formula is C15H12F3N5O4. The molecule has 12 heteroatoms. The van der Waals surface area contributed by atoms with Gasteiger partial charge in [0.2, 0.25) is 11.5 Å². The fourth-order valence-corrected chi connectivity index (χ4v) is 1.92. The SMILES string of the molecule is CO/N=C(\C#N)C(=O)N(Cc1ccc(-c2noc(C(F)(F)F)n2)cc1)OC. The molecule has 142 valence electrons. The Morgan fingerprint density at radius 1 is 1.33 bits per heavy atom. The summed E-state index contributed by atoms with van der Waals surface area (Å²) in [4.78, 5) is 24.7. The van der Waals surface area contributed by atoms with Gasteiger partial charge in [-0.05, 0) is 5.56 Å². The van der Waals surface area contributed by atoms with E-state index in [1.807, 2.05) is 0 Å². The zero-order chi connectivity index (χ0) is 20.0. The number of hydrogen-bond donors (Lipinski definition) is 0. The first-order valence-electron chi connectivity index (χ1n) is 7.17. The molecule has 0 saturated carbocycles. The lowest BCUT2D eigenvalue weighted by Crippen LogP contribution is -2.34. The Morgan fingerprint density at radius 3 is 2.48 bits per heavy atom. The number of nitriles is 1. The molecular weight excluding hydrogens is 371 g/mol. The van der Waals surface area contributed by atoms with Gasteiger partial charge in [-0.2, -0.15) is 23.4 Å². The summed E-state index contributed by atoms with van der Waals surface area (Å²) in [5.74, 6) is -2.49. The van der Waals surface area contributed by atoms with Gasteiger partial charge in [-0.25, -0.2) is 5.06 Å². The molecule has 1 aromatic heterocycles. The number of hydrogen-bond acceptors (Lipinski definition) is 8. The molecule has 0 aliphatic heterocycles. The largest absolute Gasteiger partial charge is 0.471 e. The molecule has 0 N–H and O–H groups in total. The lowest BCUT2D eigenvalue weighted by atomic mass is 10.1. The quantitative estimate of drug-likeness (QED) is 0.555. The van der Waals surface area contributed by atoms with Crippen LogP contribution in [0, 0.1) is 11.3 Å². The van der Waals surface area contributed by atoms with Crippen molar-refractivity contribution in [2.45, 2.75) is 12.7 Å². The molecule has 0 saturated heterocycles. The molecule has 27 heavy (non-hydrogen) atoms. The second-order valence-electron chi connectivity index (χ2n) is 4.88. The van der Waals surface area contributed by atoms with Crippen LogP contribution in [0.3, 0.4) is 0 Å². The Labute approximate surface area is 150 Å². The van der Waals surface area contributed by atoms with Crippen LogP contribution in [0.4, 0.5) is 13.2 Å². The topological polar surface area (TPSA) is 114 Å². The highest BCUT2D eigenvalue weighted by atomic mass is 19.4. The average Bonchev–Trinajstić information content (AvgIpc) is 3.14. The summed E-state index contributed by atoms with van der Waals surface area (Å²) in [5, 5.41) is 16.3. The van der Waals surface area contributed by atoms with Gasteiger partial charge in [0.1, 0.15) is 13.2 Å². The van der Waals surface area contributed by atoms with Gasteiger partial charge < -0.3 is 9.36 Å². The number of halogens is 3. The minimum Gasteiger partial charge on any atom is -0.398 e. The molecule has 0 unspecified atom stereocenters. The molecule has 0 fully saturated rings. The van der Waals surface area contributed by atoms with Crippen molar-refractivity contribution in [3.63, 3.8) is 0 Å². The molecule has 1 amide bonds. The molecule has 2 rings (SSSR count). The van der Waals surface area contributed by atoms with Crippen molar-refractivity contribution in [1.29, 1.82) is 5.26 Å².